The highest BCUT2D eigenvalue weighted by Crippen LogP contribution is 2.42. The number of hydrogen-bond donors (Lipinski definition) is 2. The summed E-state index contributed by atoms with van der Waals surface area (Å²) >= 11 is 0. The summed E-state index contributed by atoms with van der Waals surface area (Å²) < 4.78 is 11.6. The lowest BCUT2D eigenvalue weighted by molar-refractivity contribution is -0.172. The van der Waals surface area contributed by atoms with Crippen LogP contribution in [0.3, 0.4) is 0 Å². The number of pyridine rings is 2. The van der Waals surface area contributed by atoms with Crippen molar-refractivity contribution >= 4 is 16.9 Å². The van der Waals surface area contributed by atoms with Gasteiger partial charge in [-0.05, 0) is 30.7 Å². The second-order valence-corrected chi connectivity index (χ2v) is 7.21. The second kappa shape index (κ2) is 5.88. The molecule has 0 aliphatic carbocycles. The van der Waals surface area contributed by atoms with Gasteiger partial charge in [0.05, 0.1) is 29.6 Å². The van der Waals surface area contributed by atoms with Gasteiger partial charge < -0.3 is 19.7 Å². The van der Waals surface area contributed by atoms with E-state index in [4.69, 9.17) is 9.47 Å². The molecule has 148 valence electrons. The van der Waals surface area contributed by atoms with Gasteiger partial charge in [0.15, 0.2) is 11.8 Å². The highest BCUT2D eigenvalue weighted by atomic mass is 16.6. The number of benzene rings is 1. The Morgan fingerprint density at radius 3 is 2.86 bits per heavy atom. The van der Waals surface area contributed by atoms with Gasteiger partial charge in [0.1, 0.15) is 12.4 Å². The van der Waals surface area contributed by atoms with Crippen LogP contribution in [0.25, 0.3) is 22.3 Å². The number of aliphatic hydroxyl groups is 2. The predicted octanol–water partition coefficient (Wildman–Crippen LogP) is 1.58. The topological polar surface area (TPSA) is 111 Å². The first-order valence-corrected chi connectivity index (χ1v) is 9.25. The monoisotopic (exact) mass is 394 g/mol. The Balaban J connectivity index is 1.83. The molecular weight excluding hydrogens is 376 g/mol. The van der Waals surface area contributed by atoms with Gasteiger partial charge in [0, 0.05) is 16.5 Å². The van der Waals surface area contributed by atoms with Crippen molar-refractivity contribution in [1.82, 2.24) is 9.55 Å². The number of fused-ring (bicyclic) bond motifs is 5. The van der Waals surface area contributed by atoms with Gasteiger partial charge >= 0.3 is 5.97 Å². The number of aliphatic hydroxyl groups excluding tert-OH is 1. The molecule has 0 fully saturated rings. The van der Waals surface area contributed by atoms with Crippen molar-refractivity contribution in [3.05, 3.63) is 57.4 Å². The van der Waals surface area contributed by atoms with Crippen LogP contribution in [0.2, 0.25) is 0 Å². The highest BCUT2D eigenvalue weighted by Gasteiger charge is 2.46. The molecule has 1 aromatic carbocycles. The van der Waals surface area contributed by atoms with Crippen molar-refractivity contribution in [1.29, 1.82) is 0 Å². The van der Waals surface area contributed by atoms with Crippen molar-refractivity contribution in [2.75, 3.05) is 7.11 Å². The van der Waals surface area contributed by atoms with Crippen LogP contribution in [0.5, 0.6) is 5.75 Å². The Kier molecular flexibility index (Phi) is 3.62. The largest absolute Gasteiger partial charge is 0.496 e. The number of rotatable bonds is 2. The van der Waals surface area contributed by atoms with Crippen molar-refractivity contribution in [3.8, 4) is 17.1 Å². The second-order valence-electron chi connectivity index (χ2n) is 7.21. The Bertz CT molecular complexity index is 1260. The zero-order chi connectivity index (χ0) is 20.5. The quantitative estimate of drug-likeness (QED) is 0.635. The maximum absolute atomic E-state index is 13.2. The fraction of sp³-hybridized carbons (Fsp3) is 0.286. The molecule has 29 heavy (non-hydrogen) atoms. The number of carbonyl (C=O) groups is 1. The fourth-order valence-electron chi connectivity index (χ4n) is 4.20. The van der Waals surface area contributed by atoms with Gasteiger partial charge in [-0.1, -0.05) is 13.0 Å². The van der Waals surface area contributed by atoms with Gasteiger partial charge in [0.25, 0.3) is 5.56 Å². The third-order valence-electron chi connectivity index (χ3n) is 5.82. The third-order valence-corrected chi connectivity index (χ3v) is 5.82. The predicted molar refractivity (Wildman–Crippen MR) is 102 cm³/mol. The molecule has 0 amide bonds. The number of ether oxygens (including phenoxy) is 2. The van der Waals surface area contributed by atoms with Crippen LogP contribution >= 0.6 is 0 Å². The van der Waals surface area contributed by atoms with Gasteiger partial charge in [-0.2, -0.15) is 0 Å². The number of carbonyl (C=O) groups excluding carboxylic acids is 1. The van der Waals surface area contributed by atoms with E-state index in [1.165, 1.54) is 4.57 Å². The van der Waals surface area contributed by atoms with Crippen LogP contribution in [0, 0.1) is 0 Å². The zero-order valence-electron chi connectivity index (χ0n) is 15.8. The van der Waals surface area contributed by atoms with E-state index < -0.39 is 23.4 Å². The normalized spacial score (nSPS) is 22.1. The molecule has 8 nitrogen and oxygen atoms in total. The summed E-state index contributed by atoms with van der Waals surface area (Å²) in [6.45, 7) is 1.39. The Morgan fingerprint density at radius 1 is 1.34 bits per heavy atom. The number of cyclic esters (lactones) is 1. The Hall–Kier alpha value is -3.23. The van der Waals surface area contributed by atoms with Crippen LogP contribution in [0.15, 0.2) is 35.1 Å². The lowest BCUT2D eigenvalue weighted by Crippen LogP contribution is -2.44. The maximum atomic E-state index is 13.2. The number of aromatic nitrogens is 2. The van der Waals surface area contributed by atoms with Crippen molar-refractivity contribution in [2.24, 2.45) is 0 Å². The molecular formula is C21H18N2O6. The first-order chi connectivity index (χ1) is 13.9. The first-order valence-electron chi connectivity index (χ1n) is 9.25. The molecule has 0 unspecified atom stereocenters. The van der Waals surface area contributed by atoms with E-state index in [9.17, 15) is 19.8 Å². The molecule has 2 aliphatic heterocycles. The van der Waals surface area contributed by atoms with Crippen LogP contribution in [0.1, 0.15) is 36.3 Å². The number of esters is 1. The molecule has 5 rings (SSSR count). The van der Waals surface area contributed by atoms with Crippen LogP contribution in [0.4, 0.5) is 0 Å². The van der Waals surface area contributed by atoms with Gasteiger partial charge in [0.2, 0.25) is 0 Å². The SMILES string of the molecule is CC[C@@]1(O)C(=O)OCc2c1cc1n(c2=O)[C@H](O)c2cc3c(OC)cccc3nc2-1. The summed E-state index contributed by atoms with van der Waals surface area (Å²) in [5, 5.41) is 22.5. The number of hydrogen-bond acceptors (Lipinski definition) is 7. The molecule has 0 spiro atoms. The summed E-state index contributed by atoms with van der Waals surface area (Å²) in [4.78, 5) is 30.0. The average molecular weight is 394 g/mol. The van der Waals surface area contributed by atoms with Crippen LogP contribution in [-0.2, 0) is 21.7 Å². The molecule has 0 saturated carbocycles. The summed E-state index contributed by atoms with van der Waals surface area (Å²) in [5.41, 5.74) is -0.188. The lowest BCUT2D eigenvalue weighted by atomic mass is 9.86. The summed E-state index contributed by atoms with van der Waals surface area (Å²) in [6, 6.07) is 8.72. The van der Waals surface area contributed by atoms with Crippen molar-refractivity contribution in [3.63, 3.8) is 0 Å². The molecule has 2 aliphatic rings. The highest BCUT2D eigenvalue weighted by molar-refractivity contribution is 5.90. The summed E-state index contributed by atoms with van der Waals surface area (Å²) in [5.74, 6) is -0.182. The Labute approximate surface area is 165 Å². The minimum absolute atomic E-state index is 0.0550. The van der Waals surface area contributed by atoms with E-state index in [1.54, 1.807) is 38.3 Å². The number of methoxy groups -OCH3 is 1. The zero-order valence-corrected chi connectivity index (χ0v) is 15.8. The smallest absolute Gasteiger partial charge is 0.343 e. The number of nitrogens with zero attached hydrogens (tertiary/aromatic N) is 2. The van der Waals surface area contributed by atoms with Crippen molar-refractivity contribution < 1.29 is 24.5 Å². The molecule has 2 atom stereocenters. The third kappa shape index (κ3) is 2.18. The van der Waals surface area contributed by atoms with E-state index in [2.05, 4.69) is 4.98 Å². The molecule has 0 bridgehead atoms. The summed E-state index contributed by atoms with van der Waals surface area (Å²) in [6.07, 6.45) is -1.19. The minimum atomic E-state index is -1.91. The molecule has 0 radical (unpaired) electrons. The first kappa shape index (κ1) is 17.8. The average Bonchev–Trinajstić information content (AvgIpc) is 3.01. The van der Waals surface area contributed by atoms with Gasteiger partial charge in [-0.3, -0.25) is 9.36 Å². The van der Waals surface area contributed by atoms with E-state index in [1.807, 2.05) is 6.07 Å². The Morgan fingerprint density at radius 2 is 2.14 bits per heavy atom. The van der Waals surface area contributed by atoms with Crippen molar-refractivity contribution in [2.45, 2.75) is 31.8 Å². The van der Waals surface area contributed by atoms with E-state index >= 15 is 0 Å². The molecule has 3 aromatic rings. The van der Waals surface area contributed by atoms with Gasteiger partial charge in [-0.25, -0.2) is 9.78 Å². The van der Waals surface area contributed by atoms with E-state index in [-0.39, 0.29) is 24.2 Å². The molecule has 0 saturated heterocycles. The minimum Gasteiger partial charge on any atom is -0.496 e. The van der Waals surface area contributed by atoms with E-state index in [0.717, 1.165) is 0 Å². The summed E-state index contributed by atoms with van der Waals surface area (Å²) in [7, 11) is 1.55. The van der Waals surface area contributed by atoms with E-state index in [0.29, 0.717) is 33.6 Å². The maximum Gasteiger partial charge on any atom is 0.343 e. The lowest BCUT2D eigenvalue weighted by Gasteiger charge is -2.31. The molecule has 8 heteroatoms. The van der Waals surface area contributed by atoms with Crippen LogP contribution in [-0.4, -0.2) is 32.8 Å². The fourth-order valence-corrected chi connectivity index (χ4v) is 4.20. The standard InChI is InChI=1S/C21H18N2O6/c1-3-21(27)13-8-15-17-11(7-10-14(22-17)5-4-6-16(10)28-2)18(24)23(15)19(25)12(13)9-29-20(21)26/h4-8,18,24,27H,3,9H2,1-2H3/t18-,21+/m1/s1. The molecule has 2 aromatic heterocycles. The molecule has 2 N–H and O–H groups in total. The van der Waals surface area contributed by atoms with Gasteiger partial charge in [-0.15, -0.1) is 0 Å². The molecule has 4 heterocycles. The van der Waals surface area contributed by atoms with Crippen LogP contribution < -0.4 is 10.3 Å².